The van der Waals surface area contributed by atoms with Crippen LogP contribution in [0, 0.1) is 17.5 Å². The Kier molecular flexibility index (Phi) is 3.26. The van der Waals surface area contributed by atoms with Gasteiger partial charge >= 0.3 is 0 Å². The molecule has 104 valence electrons. The molecule has 0 atom stereocenters. The number of nitrogens with one attached hydrogen (secondary N) is 1. The first-order valence-corrected chi connectivity index (χ1v) is 6.26. The quantitative estimate of drug-likeness (QED) is 0.866. The number of hydrogen-bond donors (Lipinski definition) is 1. The lowest BCUT2D eigenvalue weighted by molar-refractivity contribution is 0.357. The third kappa shape index (κ3) is 2.43. The molecule has 20 heavy (non-hydrogen) atoms. The molecule has 0 spiro atoms. The van der Waals surface area contributed by atoms with E-state index in [-0.39, 0.29) is 5.69 Å². The van der Waals surface area contributed by atoms with Gasteiger partial charge in [0.25, 0.3) is 0 Å². The van der Waals surface area contributed by atoms with Crippen molar-refractivity contribution in [2.24, 2.45) is 0 Å². The molecule has 2 aromatic carbocycles. The fourth-order valence-corrected chi connectivity index (χ4v) is 2.21. The summed E-state index contributed by atoms with van der Waals surface area (Å²) in [7, 11) is 0. The molecule has 1 aliphatic rings. The van der Waals surface area contributed by atoms with Crippen LogP contribution in [-0.4, -0.2) is 6.61 Å². The second kappa shape index (κ2) is 5.07. The number of ether oxygens (including phenoxy) is 1. The zero-order valence-electron chi connectivity index (χ0n) is 10.6. The van der Waals surface area contributed by atoms with Crippen LogP contribution in [0.1, 0.15) is 11.1 Å². The Morgan fingerprint density at radius 3 is 2.65 bits per heavy atom. The van der Waals surface area contributed by atoms with Crippen molar-refractivity contribution in [1.29, 1.82) is 0 Å². The third-order valence-corrected chi connectivity index (χ3v) is 3.25. The van der Waals surface area contributed by atoms with Gasteiger partial charge in [-0.3, -0.25) is 0 Å². The van der Waals surface area contributed by atoms with Gasteiger partial charge in [-0.25, -0.2) is 13.2 Å². The van der Waals surface area contributed by atoms with Crippen molar-refractivity contribution in [3.63, 3.8) is 0 Å². The van der Waals surface area contributed by atoms with E-state index in [4.69, 9.17) is 4.74 Å². The Balaban J connectivity index is 1.75. The number of anilines is 1. The number of rotatable bonds is 3. The van der Waals surface area contributed by atoms with E-state index < -0.39 is 17.5 Å². The lowest BCUT2D eigenvalue weighted by Crippen LogP contribution is -2.03. The lowest BCUT2D eigenvalue weighted by atomic mass is 10.1. The summed E-state index contributed by atoms with van der Waals surface area (Å²) in [6.45, 7) is 0.999. The summed E-state index contributed by atoms with van der Waals surface area (Å²) in [6.07, 6.45) is 0.850. The second-order valence-corrected chi connectivity index (χ2v) is 4.64. The minimum Gasteiger partial charge on any atom is -0.493 e. The molecule has 1 heterocycles. The molecule has 3 rings (SSSR count). The van der Waals surface area contributed by atoms with Crippen LogP contribution < -0.4 is 10.1 Å². The topological polar surface area (TPSA) is 21.3 Å². The highest BCUT2D eigenvalue weighted by Gasteiger charge is 2.13. The normalized spacial score (nSPS) is 12.9. The molecule has 0 radical (unpaired) electrons. The maximum absolute atomic E-state index is 13.5. The van der Waals surface area contributed by atoms with Crippen molar-refractivity contribution >= 4 is 5.69 Å². The molecule has 0 aliphatic carbocycles. The first-order valence-electron chi connectivity index (χ1n) is 6.26. The predicted octanol–water partition coefficient (Wildman–Crippen LogP) is 3.65. The van der Waals surface area contributed by atoms with Gasteiger partial charge in [-0.15, -0.1) is 0 Å². The molecule has 2 aromatic rings. The maximum Gasteiger partial charge on any atom is 0.161 e. The molecular weight excluding hydrogens is 267 g/mol. The van der Waals surface area contributed by atoms with Crippen molar-refractivity contribution < 1.29 is 17.9 Å². The van der Waals surface area contributed by atoms with Crippen molar-refractivity contribution in [2.45, 2.75) is 13.0 Å². The molecule has 0 saturated heterocycles. The van der Waals surface area contributed by atoms with Gasteiger partial charge in [0.2, 0.25) is 0 Å². The molecular formula is C15H12F3NO. The lowest BCUT2D eigenvalue weighted by Gasteiger charge is -2.09. The molecule has 1 N–H and O–H groups in total. The van der Waals surface area contributed by atoms with Gasteiger partial charge in [-0.05, 0) is 17.2 Å². The van der Waals surface area contributed by atoms with Crippen LogP contribution >= 0.6 is 0 Å². The van der Waals surface area contributed by atoms with E-state index in [0.717, 1.165) is 29.4 Å². The smallest absolute Gasteiger partial charge is 0.161 e. The van der Waals surface area contributed by atoms with E-state index in [9.17, 15) is 13.2 Å². The third-order valence-electron chi connectivity index (χ3n) is 3.25. The average molecular weight is 279 g/mol. The first-order chi connectivity index (χ1) is 9.63. The SMILES string of the molecule is Fc1cc(F)c(NCc2ccc3c(c2)CCO3)cc1F. The van der Waals surface area contributed by atoms with Crippen LogP contribution in [0.4, 0.5) is 18.9 Å². The van der Waals surface area contributed by atoms with Crippen LogP contribution in [0.25, 0.3) is 0 Å². The summed E-state index contributed by atoms with van der Waals surface area (Å²) in [5, 5.41) is 2.77. The molecule has 5 heteroatoms. The highest BCUT2D eigenvalue weighted by Crippen LogP contribution is 2.26. The summed E-state index contributed by atoms with van der Waals surface area (Å²) in [5.41, 5.74) is 1.98. The Bertz CT molecular complexity index is 658. The Labute approximate surface area is 114 Å². The highest BCUT2D eigenvalue weighted by molar-refractivity contribution is 5.47. The van der Waals surface area contributed by atoms with Crippen molar-refractivity contribution in [3.8, 4) is 5.75 Å². The number of benzene rings is 2. The van der Waals surface area contributed by atoms with E-state index in [0.29, 0.717) is 19.2 Å². The molecule has 1 aliphatic heterocycles. The summed E-state index contributed by atoms with van der Waals surface area (Å²) in [4.78, 5) is 0. The summed E-state index contributed by atoms with van der Waals surface area (Å²) < 4.78 is 44.7. The van der Waals surface area contributed by atoms with Crippen LogP contribution in [0.5, 0.6) is 5.75 Å². The van der Waals surface area contributed by atoms with Crippen LogP contribution in [0.2, 0.25) is 0 Å². The minimum atomic E-state index is -1.19. The molecule has 2 nitrogen and oxygen atoms in total. The standard InChI is InChI=1S/C15H12F3NO/c16-11-6-13(18)14(7-12(11)17)19-8-9-1-2-15-10(5-9)3-4-20-15/h1-2,5-7,19H,3-4,8H2. The molecule has 0 aromatic heterocycles. The van der Waals surface area contributed by atoms with Crippen molar-refractivity contribution in [1.82, 2.24) is 0 Å². The largest absolute Gasteiger partial charge is 0.493 e. The summed E-state index contributed by atoms with van der Waals surface area (Å²) >= 11 is 0. The van der Waals surface area contributed by atoms with Gasteiger partial charge in [0, 0.05) is 25.1 Å². The first kappa shape index (κ1) is 12.8. The molecule has 0 bridgehead atoms. The Hall–Kier alpha value is -2.17. The van der Waals surface area contributed by atoms with Crippen LogP contribution in [0.15, 0.2) is 30.3 Å². The van der Waals surface area contributed by atoms with Crippen molar-refractivity contribution in [3.05, 3.63) is 58.9 Å². The molecule has 0 fully saturated rings. The molecule has 0 saturated carbocycles. The Morgan fingerprint density at radius 1 is 1.00 bits per heavy atom. The molecule has 0 amide bonds. The fraction of sp³-hybridized carbons (Fsp3) is 0.200. The zero-order chi connectivity index (χ0) is 14.1. The fourth-order valence-electron chi connectivity index (χ4n) is 2.21. The highest BCUT2D eigenvalue weighted by atomic mass is 19.2. The molecule has 0 unspecified atom stereocenters. The summed E-state index contributed by atoms with van der Waals surface area (Å²) in [6, 6.07) is 7.04. The van der Waals surface area contributed by atoms with Gasteiger partial charge in [-0.2, -0.15) is 0 Å². The van der Waals surface area contributed by atoms with Gasteiger partial charge in [0.15, 0.2) is 11.6 Å². The monoisotopic (exact) mass is 279 g/mol. The maximum atomic E-state index is 13.5. The van der Waals surface area contributed by atoms with Gasteiger partial charge < -0.3 is 10.1 Å². The van der Waals surface area contributed by atoms with E-state index >= 15 is 0 Å². The number of fused-ring (bicyclic) bond motifs is 1. The number of halogens is 3. The minimum absolute atomic E-state index is 0.0550. The van der Waals surface area contributed by atoms with Crippen molar-refractivity contribution in [2.75, 3.05) is 11.9 Å². The second-order valence-electron chi connectivity index (χ2n) is 4.64. The predicted molar refractivity (Wildman–Crippen MR) is 69.3 cm³/mol. The van der Waals surface area contributed by atoms with Gasteiger partial charge in [-0.1, -0.05) is 12.1 Å². The number of hydrogen-bond acceptors (Lipinski definition) is 2. The van der Waals surface area contributed by atoms with Crippen LogP contribution in [0.3, 0.4) is 0 Å². The average Bonchev–Trinajstić information content (AvgIpc) is 2.89. The van der Waals surface area contributed by atoms with Gasteiger partial charge in [0.1, 0.15) is 11.6 Å². The summed E-state index contributed by atoms with van der Waals surface area (Å²) in [5.74, 6) is -2.21. The zero-order valence-corrected chi connectivity index (χ0v) is 10.6. The van der Waals surface area contributed by atoms with E-state index in [1.165, 1.54) is 0 Å². The van der Waals surface area contributed by atoms with E-state index in [1.54, 1.807) is 0 Å². The van der Waals surface area contributed by atoms with Gasteiger partial charge in [0.05, 0.1) is 12.3 Å². The van der Waals surface area contributed by atoms with E-state index in [2.05, 4.69) is 5.32 Å². The van der Waals surface area contributed by atoms with E-state index in [1.807, 2.05) is 18.2 Å². The Morgan fingerprint density at radius 2 is 1.80 bits per heavy atom. The van der Waals surface area contributed by atoms with Crippen LogP contribution in [-0.2, 0) is 13.0 Å².